The Bertz CT molecular complexity index is 599. The lowest BCUT2D eigenvalue weighted by Gasteiger charge is -2.26. The van der Waals surface area contributed by atoms with Crippen LogP contribution in [-0.4, -0.2) is 25.0 Å². The van der Waals surface area contributed by atoms with Gasteiger partial charge in [-0.2, -0.15) is 0 Å². The molecule has 0 aliphatic heterocycles. The normalized spacial score (nSPS) is 28.3. The van der Waals surface area contributed by atoms with Crippen molar-refractivity contribution in [1.82, 2.24) is 5.32 Å². The van der Waals surface area contributed by atoms with Crippen LogP contribution in [-0.2, 0) is 16.1 Å². The first-order chi connectivity index (χ1) is 10.5. The smallest absolute Gasteiger partial charge is 0.341 e. The molecule has 1 aromatic heterocycles. The number of nitrogens with one attached hydrogen (secondary N) is 1. The van der Waals surface area contributed by atoms with Crippen LogP contribution in [0.3, 0.4) is 0 Å². The first kappa shape index (κ1) is 17.8. The van der Waals surface area contributed by atoms with E-state index in [4.69, 9.17) is 10.2 Å². The van der Waals surface area contributed by atoms with Crippen molar-refractivity contribution in [3.05, 3.63) is 23.2 Å². The van der Waals surface area contributed by atoms with Gasteiger partial charge in [-0.15, -0.1) is 12.4 Å². The van der Waals surface area contributed by atoms with Crippen LogP contribution < -0.4 is 11.1 Å². The van der Waals surface area contributed by atoms with E-state index in [9.17, 15) is 9.59 Å². The number of ether oxygens (including phenoxy) is 1. The zero-order valence-electron chi connectivity index (χ0n) is 13.3. The molecular weight excluding hydrogens is 320 g/mol. The molecule has 1 heterocycles. The van der Waals surface area contributed by atoms with Crippen molar-refractivity contribution in [2.24, 2.45) is 23.5 Å². The third-order valence-corrected chi connectivity index (χ3v) is 5.09. The fourth-order valence-electron chi connectivity index (χ4n) is 3.96. The van der Waals surface area contributed by atoms with Gasteiger partial charge in [-0.25, -0.2) is 4.79 Å². The van der Waals surface area contributed by atoms with Crippen molar-refractivity contribution in [1.29, 1.82) is 0 Å². The summed E-state index contributed by atoms with van der Waals surface area (Å²) in [5, 5.41) is 2.89. The minimum atomic E-state index is -0.436. The number of furan rings is 1. The maximum atomic E-state index is 12.4. The molecular formula is C16H23ClN2O4. The molecule has 4 unspecified atom stereocenters. The van der Waals surface area contributed by atoms with E-state index in [0.29, 0.717) is 28.9 Å². The van der Waals surface area contributed by atoms with E-state index in [2.05, 4.69) is 10.1 Å². The molecule has 2 fully saturated rings. The molecule has 0 aromatic carbocycles. The van der Waals surface area contributed by atoms with E-state index in [-0.39, 0.29) is 36.8 Å². The van der Waals surface area contributed by atoms with Crippen LogP contribution in [0.1, 0.15) is 41.1 Å². The molecule has 3 rings (SSSR count). The maximum Gasteiger partial charge on any atom is 0.341 e. The first-order valence-electron chi connectivity index (χ1n) is 7.72. The number of nitrogens with two attached hydrogens (primary N) is 1. The van der Waals surface area contributed by atoms with E-state index < -0.39 is 5.97 Å². The van der Waals surface area contributed by atoms with Gasteiger partial charge in [0.15, 0.2) is 0 Å². The van der Waals surface area contributed by atoms with Gasteiger partial charge in [-0.05, 0) is 44.1 Å². The summed E-state index contributed by atoms with van der Waals surface area (Å²) in [6.45, 7) is 1.96. The van der Waals surface area contributed by atoms with Gasteiger partial charge in [0.25, 0.3) is 0 Å². The van der Waals surface area contributed by atoms with Crippen LogP contribution in [0, 0.1) is 24.7 Å². The van der Waals surface area contributed by atoms with Crippen LogP contribution in [0.25, 0.3) is 0 Å². The Morgan fingerprint density at radius 1 is 1.39 bits per heavy atom. The zero-order chi connectivity index (χ0) is 15.9. The number of carbonyl (C=O) groups is 2. The Morgan fingerprint density at radius 3 is 2.70 bits per heavy atom. The highest BCUT2D eigenvalue weighted by molar-refractivity contribution is 5.90. The van der Waals surface area contributed by atoms with E-state index >= 15 is 0 Å². The lowest BCUT2D eigenvalue weighted by Crippen LogP contribution is -2.45. The van der Waals surface area contributed by atoms with Crippen molar-refractivity contribution < 1.29 is 18.7 Å². The molecule has 7 heteroatoms. The first-order valence-corrected chi connectivity index (χ1v) is 7.72. The number of methoxy groups -OCH3 is 1. The van der Waals surface area contributed by atoms with Crippen LogP contribution in [0.5, 0.6) is 0 Å². The predicted octanol–water partition coefficient (Wildman–Crippen LogP) is 1.79. The standard InChI is InChI=1S/C16H22N2O4.ClH/c1-8-12(16(20)21-2)6-11(22-8)7-18-15(19)13-9-3-4-10(5-9)14(13)17;/h6,9-10,13-14H,3-5,7,17H2,1-2H3,(H,18,19);1H. The Balaban J connectivity index is 0.00000192. The lowest BCUT2D eigenvalue weighted by atomic mass is 9.84. The van der Waals surface area contributed by atoms with Crippen molar-refractivity contribution in [2.75, 3.05) is 7.11 Å². The van der Waals surface area contributed by atoms with Gasteiger partial charge in [0.05, 0.1) is 19.6 Å². The molecule has 0 saturated heterocycles. The van der Waals surface area contributed by atoms with Gasteiger partial charge in [0.2, 0.25) is 5.91 Å². The molecule has 2 saturated carbocycles. The summed E-state index contributed by atoms with van der Waals surface area (Å²) in [6.07, 6.45) is 3.32. The molecule has 1 aromatic rings. The number of aryl methyl sites for hydroxylation is 1. The molecule has 4 atom stereocenters. The molecule has 3 N–H and O–H groups in total. The summed E-state index contributed by atoms with van der Waals surface area (Å²) in [4.78, 5) is 23.9. The molecule has 1 amide bonds. The Labute approximate surface area is 141 Å². The predicted molar refractivity (Wildman–Crippen MR) is 86.2 cm³/mol. The number of hydrogen-bond donors (Lipinski definition) is 2. The molecule has 2 aliphatic rings. The Kier molecular flexibility index (Phi) is 5.37. The minimum absolute atomic E-state index is 0. The largest absolute Gasteiger partial charge is 0.465 e. The second kappa shape index (κ2) is 6.93. The third-order valence-electron chi connectivity index (χ3n) is 5.09. The van der Waals surface area contributed by atoms with E-state index in [1.807, 2.05) is 0 Å². The van der Waals surface area contributed by atoms with E-state index in [0.717, 1.165) is 19.3 Å². The minimum Gasteiger partial charge on any atom is -0.465 e. The second-order valence-corrected chi connectivity index (χ2v) is 6.33. The summed E-state index contributed by atoms with van der Waals surface area (Å²) in [5.74, 6) is 1.43. The van der Waals surface area contributed by atoms with Crippen LogP contribution in [0.15, 0.2) is 10.5 Å². The average Bonchev–Trinajstić information content (AvgIpc) is 3.18. The fraction of sp³-hybridized carbons (Fsp3) is 0.625. The van der Waals surface area contributed by atoms with Gasteiger partial charge < -0.3 is 20.2 Å². The van der Waals surface area contributed by atoms with Crippen LogP contribution in [0.2, 0.25) is 0 Å². The number of rotatable bonds is 4. The molecule has 2 bridgehead atoms. The topological polar surface area (TPSA) is 94.6 Å². The van der Waals surface area contributed by atoms with Crippen molar-refractivity contribution in [2.45, 2.75) is 38.8 Å². The molecule has 0 spiro atoms. The highest BCUT2D eigenvalue weighted by Crippen LogP contribution is 2.47. The average molecular weight is 343 g/mol. The third kappa shape index (κ3) is 3.23. The number of esters is 1. The fourth-order valence-corrected chi connectivity index (χ4v) is 3.96. The van der Waals surface area contributed by atoms with Gasteiger partial charge in [0.1, 0.15) is 17.1 Å². The number of amides is 1. The van der Waals surface area contributed by atoms with E-state index in [1.165, 1.54) is 7.11 Å². The number of halogens is 1. The van der Waals surface area contributed by atoms with Gasteiger partial charge in [0, 0.05) is 6.04 Å². The number of fused-ring (bicyclic) bond motifs is 2. The molecule has 6 nitrogen and oxygen atoms in total. The quantitative estimate of drug-likeness (QED) is 0.813. The number of hydrogen-bond acceptors (Lipinski definition) is 5. The van der Waals surface area contributed by atoms with Crippen LogP contribution >= 0.6 is 12.4 Å². The van der Waals surface area contributed by atoms with Gasteiger partial charge in [-0.3, -0.25) is 4.79 Å². The maximum absolute atomic E-state index is 12.4. The SMILES string of the molecule is COC(=O)c1cc(CNC(=O)C2C3CCC(C3)C2N)oc1C.Cl. The molecule has 2 aliphatic carbocycles. The molecule has 23 heavy (non-hydrogen) atoms. The van der Waals surface area contributed by atoms with Crippen molar-refractivity contribution in [3.8, 4) is 0 Å². The highest BCUT2D eigenvalue weighted by Gasteiger charge is 2.48. The summed E-state index contributed by atoms with van der Waals surface area (Å²) in [5.41, 5.74) is 6.57. The molecule has 0 radical (unpaired) electrons. The van der Waals surface area contributed by atoms with Gasteiger partial charge in [-0.1, -0.05) is 0 Å². The van der Waals surface area contributed by atoms with Crippen molar-refractivity contribution in [3.63, 3.8) is 0 Å². The lowest BCUT2D eigenvalue weighted by molar-refractivity contribution is -0.127. The second-order valence-electron chi connectivity index (χ2n) is 6.33. The summed E-state index contributed by atoms with van der Waals surface area (Å²) in [6, 6.07) is 1.59. The highest BCUT2D eigenvalue weighted by atomic mass is 35.5. The number of carbonyl (C=O) groups excluding carboxylic acids is 2. The van der Waals surface area contributed by atoms with Gasteiger partial charge >= 0.3 is 5.97 Å². The van der Waals surface area contributed by atoms with E-state index in [1.54, 1.807) is 13.0 Å². The van der Waals surface area contributed by atoms with Crippen LogP contribution in [0.4, 0.5) is 0 Å². The van der Waals surface area contributed by atoms with Crippen molar-refractivity contribution >= 4 is 24.3 Å². The summed E-state index contributed by atoms with van der Waals surface area (Å²) < 4.78 is 10.2. The monoisotopic (exact) mass is 342 g/mol. The Hall–Kier alpha value is -1.53. The Morgan fingerprint density at radius 2 is 2.09 bits per heavy atom. The molecule has 128 valence electrons. The summed E-state index contributed by atoms with van der Waals surface area (Å²) in [7, 11) is 1.33. The zero-order valence-corrected chi connectivity index (χ0v) is 14.2. The summed E-state index contributed by atoms with van der Waals surface area (Å²) >= 11 is 0.